The molecule has 10 heteroatoms. The Bertz CT molecular complexity index is 1550. The van der Waals surface area contributed by atoms with Gasteiger partial charge in [-0.3, -0.25) is 24.5 Å². The molecule has 1 unspecified atom stereocenters. The van der Waals surface area contributed by atoms with Gasteiger partial charge in [0, 0.05) is 48.2 Å². The van der Waals surface area contributed by atoms with Crippen LogP contribution in [0.15, 0.2) is 61.2 Å². The molecule has 0 saturated carbocycles. The fourth-order valence-electron chi connectivity index (χ4n) is 4.65. The fourth-order valence-corrected chi connectivity index (χ4v) is 4.65. The standard InChI is InChI=1S/C26H26N8O2/c1-16(20-4-3-5-23-26(20)29-9-8-28-23)36-19-6-7-22-21(10-19)25(32-31-22)17-11-30-34(13-17)18-14-33(15-18)24(35)12-27-2/h3-11,13,16,18,27H,12,14-15H2,1-2H3,(H,31,32). The molecular weight excluding hydrogens is 456 g/mol. The Morgan fingerprint density at radius 1 is 1.22 bits per heavy atom. The highest BCUT2D eigenvalue weighted by atomic mass is 16.5. The van der Waals surface area contributed by atoms with Gasteiger partial charge in [0.1, 0.15) is 17.5 Å². The highest BCUT2D eigenvalue weighted by Gasteiger charge is 2.32. The van der Waals surface area contributed by atoms with Crippen LogP contribution < -0.4 is 10.1 Å². The molecule has 1 atom stereocenters. The molecule has 0 radical (unpaired) electrons. The van der Waals surface area contributed by atoms with E-state index in [0.717, 1.165) is 44.5 Å². The van der Waals surface area contributed by atoms with Crippen LogP contribution in [0.25, 0.3) is 33.2 Å². The number of carbonyl (C=O) groups is 1. The molecule has 3 aromatic heterocycles. The maximum atomic E-state index is 12.0. The molecule has 182 valence electrons. The number of aromatic nitrogens is 6. The van der Waals surface area contributed by atoms with Gasteiger partial charge in [0.2, 0.25) is 5.91 Å². The van der Waals surface area contributed by atoms with Crippen molar-refractivity contribution in [3.05, 3.63) is 66.7 Å². The van der Waals surface area contributed by atoms with Crippen molar-refractivity contribution in [2.75, 3.05) is 26.7 Å². The van der Waals surface area contributed by atoms with E-state index < -0.39 is 0 Å². The first-order chi connectivity index (χ1) is 17.6. The molecule has 2 N–H and O–H groups in total. The number of likely N-dealkylation sites (tertiary alicyclic amines) is 1. The van der Waals surface area contributed by atoms with Gasteiger partial charge in [-0.25, -0.2) is 0 Å². The minimum absolute atomic E-state index is 0.108. The fraction of sp³-hybridized carbons (Fsp3) is 0.269. The van der Waals surface area contributed by atoms with Crippen molar-refractivity contribution in [2.45, 2.75) is 19.1 Å². The highest BCUT2D eigenvalue weighted by Crippen LogP contribution is 2.33. The van der Waals surface area contributed by atoms with Crippen molar-refractivity contribution < 1.29 is 9.53 Å². The lowest BCUT2D eigenvalue weighted by molar-refractivity contribution is -0.136. The van der Waals surface area contributed by atoms with Crippen LogP contribution in [0.1, 0.15) is 24.6 Å². The molecule has 10 nitrogen and oxygen atoms in total. The summed E-state index contributed by atoms with van der Waals surface area (Å²) in [6.07, 6.45) is 6.99. The zero-order valence-corrected chi connectivity index (χ0v) is 20.0. The molecular formula is C26H26N8O2. The van der Waals surface area contributed by atoms with Gasteiger partial charge in [0.05, 0.1) is 35.3 Å². The summed E-state index contributed by atoms with van der Waals surface area (Å²) in [5.41, 5.74) is 5.31. The number of nitrogens with zero attached hydrogens (tertiary/aromatic N) is 6. The van der Waals surface area contributed by atoms with Gasteiger partial charge in [0.15, 0.2) is 0 Å². The first-order valence-corrected chi connectivity index (χ1v) is 11.9. The predicted octanol–water partition coefficient (Wildman–Crippen LogP) is 3.11. The molecule has 5 aromatic rings. The SMILES string of the molecule is CNCC(=O)N1CC(n2cc(-c3n[nH]c4ccc(OC(C)c5cccc6nccnc56)cc34)cn2)C1. The number of nitrogens with one attached hydrogen (secondary N) is 2. The molecule has 1 saturated heterocycles. The molecule has 36 heavy (non-hydrogen) atoms. The number of benzene rings is 2. The van der Waals surface area contributed by atoms with E-state index in [4.69, 9.17) is 4.74 Å². The number of para-hydroxylation sites is 1. The van der Waals surface area contributed by atoms with Crippen LogP contribution >= 0.6 is 0 Å². The number of hydrogen-bond acceptors (Lipinski definition) is 7. The summed E-state index contributed by atoms with van der Waals surface area (Å²) in [7, 11) is 1.78. The normalized spacial score (nSPS) is 14.8. The molecule has 0 spiro atoms. The maximum Gasteiger partial charge on any atom is 0.236 e. The lowest BCUT2D eigenvalue weighted by Gasteiger charge is -2.39. The van der Waals surface area contributed by atoms with E-state index in [9.17, 15) is 4.79 Å². The average Bonchev–Trinajstić information content (AvgIpc) is 3.50. The lowest BCUT2D eigenvalue weighted by Crippen LogP contribution is -2.53. The lowest BCUT2D eigenvalue weighted by atomic mass is 10.1. The smallest absolute Gasteiger partial charge is 0.236 e. The molecule has 6 rings (SSSR count). The van der Waals surface area contributed by atoms with Gasteiger partial charge in [-0.2, -0.15) is 10.2 Å². The summed E-state index contributed by atoms with van der Waals surface area (Å²) in [5.74, 6) is 0.848. The number of carbonyl (C=O) groups excluding carboxylic acids is 1. The number of amides is 1. The number of ether oxygens (including phenoxy) is 1. The van der Waals surface area contributed by atoms with Crippen LogP contribution in [-0.2, 0) is 4.79 Å². The predicted molar refractivity (Wildman–Crippen MR) is 135 cm³/mol. The van der Waals surface area contributed by atoms with Crippen LogP contribution in [0.2, 0.25) is 0 Å². The quantitative estimate of drug-likeness (QED) is 0.366. The summed E-state index contributed by atoms with van der Waals surface area (Å²) >= 11 is 0. The number of likely N-dealkylation sites (N-methyl/N-ethyl adjacent to an activating group) is 1. The summed E-state index contributed by atoms with van der Waals surface area (Å²) in [6, 6.07) is 12.0. The van der Waals surface area contributed by atoms with E-state index in [1.807, 2.05) is 65.3 Å². The zero-order chi connectivity index (χ0) is 24.6. The van der Waals surface area contributed by atoms with Gasteiger partial charge in [-0.05, 0) is 38.2 Å². The van der Waals surface area contributed by atoms with E-state index >= 15 is 0 Å². The molecule has 0 aliphatic carbocycles. The second-order valence-corrected chi connectivity index (χ2v) is 9.00. The molecule has 1 aliphatic heterocycles. The maximum absolute atomic E-state index is 12.0. The number of rotatable bonds is 7. The third kappa shape index (κ3) is 3.95. The Hall–Kier alpha value is -4.31. The second-order valence-electron chi connectivity index (χ2n) is 9.00. The molecule has 2 aromatic carbocycles. The monoisotopic (exact) mass is 482 g/mol. The number of hydrogen-bond donors (Lipinski definition) is 2. The Kier molecular flexibility index (Phi) is 5.57. The number of fused-ring (bicyclic) bond motifs is 2. The first kappa shape index (κ1) is 22.2. The van der Waals surface area contributed by atoms with Gasteiger partial charge in [-0.1, -0.05) is 12.1 Å². The Morgan fingerprint density at radius 2 is 2.08 bits per heavy atom. The number of aromatic amines is 1. The minimum atomic E-state index is -0.215. The second kappa shape index (κ2) is 9.04. The van der Waals surface area contributed by atoms with Crippen molar-refractivity contribution in [2.24, 2.45) is 0 Å². The Labute approximate surface area is 207 Å². The summed E-state index contributed by atoms with van der Waals surface area (Å²) in [4.78, 5) is 22.7. The highest BCUT2D eigenvalue weighted by molar-refractivity contribution is 5.93. The van der Waals surface area contributed by atoms with E-state index in [0.29, 0.717) is 19.6 Å². The van der Waals surface area contributed by atoms with Gasteiger partial charge in [0.25, 0.3) is 0 Å². The third-order valence-electron chi connectivity index (χ3n) is 6.61. The number of H-pyrrole nitrogens is 1. The van der Waals surface area contributed by atoms with Crippen LogP contribution in [0.4, 0.5) is 0 Å². The van der Waals surface area contributed by atoms with Crippen LogP contribution in [0, 0.1) is 0 Å². The Balaban J connectivity index is 1.22. The van der Waals surface area contributed by atoms with E-state index in [-0.39, 0.29) is 18.1 Å². The molecule has 1 amide bonds. The molecule has 1 fully saturated rings. The summed E-state index contributed by atoms with van der Waals surface area (Å²) in [6.45, 7) is 3.69. The largest absolute Gasteiger partial charge is 0.486 e. The van der Waals surface area contributed by atoms with E-state index in [2.05, 4.69) is 30.6 Å². The molecule has 1 aliphatic rings. The average molecular weight is 483 g/mol. The summed E-state index contributed by atoms with van der Waals surface area (Å²) in [5, 5.41) is 16.1. The van der Waals surface area contributed by atoms with Crippen molar-refractivity contribution in [3.8, 4) is 17.0 Å². The van der Waals surface area contributed by atoms with Crippen molar-refractivity contribution in [3.63, 3.8) is 0 Å². The van der Waals surface area contributed by atoms with Crippen molar-refractivity contribution in [1.29, 1.82) is 0 Å². The van der Waals surface area contributed by atoms with Crippen LogP contribution in [0.3, 0.4) is 0 Å². The van der Waals surface area contributed by atoms with E-state index in [1.54, 1.807) is 19.4 Å². The summed E-state index contributed by atoms with van der Waals surface area (Å²) < 4.78 is 8.25. The van der Waals surface area contributed by atoms with Crippen molar-refractivity contribution in [1.82, 2.24) is 40.2 Å². The third-order valence-corrected chi connectivity index (χ3v) is 6.61. The molecule has 4 heterocycles. The topological polar surface area (TPSA) is 114 Å². The van der Waals surface area contributed by atoms with Gasteiger partial charge in [-0.15, -0.1) is 0 Å². The first-order valence-electron chi connectivity index (χ1n) is 11.9. The zero-order valence-electron chi connectivity index (χ0n) is 20.0. The van der Waals surface area contributed by atoms with Crippen LogP contribution in [-0.4, -0.2) is 67.4 Å². The Morgan fingerprint density at radius 3 is 2.94 bits per heavy atom. The minimum Gasteiger partial charge on any atom is -0.486 e. The van der Waals surface area contributed by atoms with Gasteiger partial charge >= 0.3 is 0 Å². The van der Waals surface area contributed by atoms with E-state index in [1.165, 1.54) is 0 Å². The molecule has 0 bridgehead atoms. The van der Waals surface area contributed by atoms with Crippen molar-refractivity contribution >= 4 is 27.8 Å². The van der Waals surface area contributed by atoms with Crippen LogP contribution in [0.5, 0.6) is 5.75 Å². The van der Waals surface area contributed by atoms with Gasteiger partial charge < -0.3 is 15.0 Å².